The average molecular weight is 443 g/mol. The summed E-state index contributed by atoms with van der Waals surface area (Å²) in [5.74, 6) is -1.11. The smallest absolute Gasteiger partial charge is 0.481 e. The summed E-state index contributed by atoms with van der Waals surface area (Å²) < 4.78 is 44.5. The number of carbonyl (C=O) groups is 1. The minimum absolute atomic E-state index is 0.241. The number of aromatic nitrogens is 3. The number of rotatable bonds is 5. The van der Waals surface area contributed by atoms with Crippen LogP contribution >= 0.6 is 0 Å². The predicted octanol–water partition coefficient (Wildman–Crippen LogP) is 5.04. The summed E-state index contributed by atoms with van der Waals surface area (Å²) >= 11 is 0. The van der Waals surface area contributed by atoms with Gasteiger partial charge in [0.25, 0.3) is 0 Å². The normalized spacial score (nSPS) is 15.4. The highest BCUT2D eigenvalue weighted by atomic mass is 19.4. The van der Waals surface area contributed by atoms with Crippen LogP contribution in [0.1, 0.15) is 47.6 Å². The van der Waals surface area contributed by atoms with Crippen molar-refractivity contribution in [3.8, 4) is 11.4 Å². The number of ether oxygens (including phenoxy) is 1. The Balaban J connectivity index is 1.97. The van der Waals surface area contributed by atoms with E-state index in [-0.39, 0.29) is 12.2 Å². The lowest BCUT2D eigenvalue weighted by molar-refractivity contribution is -0.274. The van der Waals surface area contributed by atoms with Gasteiger partial charge in [0.2, 0.25) is 0 Å². The second-order valence-electron chi connectivity index (χ2n) is 7.50. The highest BCUT2D eigenvalue weighted by Crippen LogP contribution is 2.40. The highest BCUT2D eigenvalue weighted by molar-refractivity contribution is 5.86. The Hall–Kier alpha value is -3.62. The topological polar surface area (TPSA) is 77.2 Å². The summed E-state index contributed by atoms with van der Waals surface area (Å²) in [6, 6.07) is 11.7. The fraction of sp³-hybridized carbons (Fsp3) is 0.261. The number of hydrogen-bond acceptors (Lipinski definition) is 4. The number of nitrogens with zero attached hydrogens (tertiary/aromatic N) is 3. The van der Waals surface area contributed by atoms with Crippen molar-refractivity contribution in [3.63, 3.8) is 0 Å². The Labute approximate surface area is 182 Å². The molecular formula is C23H20F3N3O3. The van der Waals surface area contributed by atoms with E-state index in [2.05, 4.69) is 14.9 Å². The fourth-order valence-corrected chi connectivity index (χ4v) is 3.92. The molecule has 1 aromatic heterocycles. The van der Waals surface area contributed by atoms with Crippen LogP contribution in [0.25, 0.3) is 11.3 Å². The minimum atomic E-state index is -4.84. The van der Waals surface area contributed by atoms with Crippen molar-refractivity contribution >= 4 is 11.5 Å². The van der Waals surface area contributed by atoms with E-state index in [1.165, 1.54) is 18.2 Å². The molecule has 1 aliphatic rings. The van der Waals surface area contributed by atoms with Crippen molar-refractivity contribution in [2.45, 2.75) is 39.0 Å². The zero-order valence-corrected chi connectivity index (χ0v) is 17.3. The molecule has 0 aliphatic carbocycles. The maximum Gasteiger partial charge on any atom is 0.573 e. The van der Waals surface area contributed by atoms with Gasteiger partial charge in [-0.05, 0) is 48.2 Å². The first-order chi connectivity index (χ1) is 15.2. The molecule has 0 saturated carbocycles. The molecular weight excluding hydrogens is 423 g/mol. The third-order valence-electron chi connectivity index (χ3n) is 5.35. The van der Waals surface area contributed by atoms with Gasteiger partial charge in [0.1, 0.15) is 17.4 Å². The number of carboxylic acids is 1. The number of aliphatic carboxylic acids is 1. The van der Waals surface area contributed by atoms with Crippen LogP contribution in [-0.2, 0) is 11.2 Å². The van der Waals surface area contributed by atoms with E-state index in [1.807, 2.05) is 31.2 Å². The molecule has 0 amide bonds. The summed E-state index contributed by atoms with van der Waals surface area (Å²) in [5, 5.41) is 17.7. The molecule has 0 saturated heterocycles. The quantitative estimate of drug-likeness (QED) is 0.598. The van der Waals surface area contributed by atoms with Gasteiger partial charge in [0.05, 0.1) is 12.1 Å². The zero-order chi connectivity index (χ0) is 23.0. The number of aryl methyl sites for hydroxylation is 2. The van der Waals surface area contributed by atoms with E-state index in [0.717, 1.165) is 17.5 Å². The van der Waals surface area contributed by atoms with Crippen molar-refractivity contribution < 1.29 is 27.8 Å². The molecule has 0 unspecified atom stereocenters. The standard InChI is InChI=1S/C23H20F3N3O3/c1-3-14-4-6-15(7-5-14)18-10-16(11-21(30)31)22-28-27-13(2)29(22)20-9-8-17(12-19(18)20)32-23(24,25)26/h4-10,12,16H,3,11H2,1-2H3,(H,30,31)/t16-/m0/s1. The molecule has 6 nitrogen and oxygen atoms in total. The Morgan fingerprint density at radius 2 is 1.88 bits per heavy atom. The molecule has 9 heteroatoms. The Morgan fingerprint density at radius 3 is 2.50 bits per heavy atom. The van der Waals surface area contributed by atoms with Crippen LogP contribution in [0.15, 0.2) is 48.5 Å². The van der Waals surface area contributed by atoms with Gasteiger partial charge in [-0.2, -0.15) is 0 Å². The largest absolute Gasteiger partial charge is 0.573 e. The van der Waals surface area contributed by atoms with Gasteiger partial charge in [0.15, 0.2) is 0 Å². The van der Waals surface area contributed by atoms with E-state index in [9.17, 15) is 23.1 Å². The molecule has 0 radical (unpaired) electrons. The average Bonchev–Trinajstić information content (AvgIpc) is 3.05. The first-order valence-corrected chi connectivity index (χ1v) is 10.0. The second-order valence-corrected chi connectivity index (χ2v) is 7.50. The molecule has 1 N–H and O–H groups in total. The van der Waals surface area contributed by atoms with Crippen molar-refractivity contribution in [1.29, 1.82) is 0 Å². The maximum absolute atomic E-state index is 12.9. The van der Waals surface area contributed by atoms with Crippen LogP contribution in [0.3, 0.4) is 0 Å². The molecule has 3 aromatic rings. The van der Waals surface area contributed by atoms with Crippen LogP contribution in [0.5, 0.6) is 5.75 Å². The maximum atomic E-state index is 12.9. The molecule has 0 bridgehead atoms. The molecule has 0 fully saturated rings. The van der Waals surface area contributed by atoms with Gasteiger partial charge in [-0.25, -0.2) is 0 Å². The van der Waals surface area contributed by atoms with Gasteiger partial charge < -0.3 is 9.84 Å². The van der Waals surface area contributed by atoms with Crippen LogP contribution in [-0.4, -0.2) is 32.2 Å². The third kappa shape index (κ3) is 4.23. The van der Waals surface area contributed by atoms with E-state index >= 15 is 0 Å². The van der Waals surface area contributed by atoms with Crippen LogP contribution < -0.4 is 4.74 Å². The number of allylic oxidation sites excluding steroid dienone is 1. The second kappa shape index (κ2) is 8.14. The van der Waals surface area contributed by atoms with Crippen LogP contribution in [0.2, 0.25) is 0 Å². The Bertz CT molecular complexity index is 1200. The third-order valence-corrected chi connectivity index (χ3v) is 5.35. The molecule has 1 atom stereocenters. The highest BCUT2D eigenvalue weighted by Gasteiger charge is 2.33. The van der Waals surface area contributed by atoms with Gasteiger partial charge >= 0.3 is 12.3 Å². The monoisotopic (exact) mass is 443 g/mol. The van der Waals surface area contributed by atoms with Crippen molar-refractivity contribution in [1.82, 2.24) is 14.8 Å². The molecule has 2 aromatic carbocycles. The predicted molar refractivity (Wildman–Crippen MR) is 111 cm³/mol. The van der Waals surface area contributed by atoms with E-state index in [1.54, 1.807) is 17.6 Å². The lowest BCUT2D eigenvalue weighted by atomic mass is 9.92. The molecule has 166 valence electrons. The molecule has 1 aliphatic heterocycles. The Kier molecular flexibility index (Phi) is 5.50. The number of hydrogen-bond donors (Lipinski definition) is 1. The molecule has 4 rings (SSSR count). The van der Waals surface area contributed by atoms with Gasteiger partial charge in [-0.15, -0.1) is 23.4 Å². The molecule has 32 heavy (non-hydrogen) atoms. The van der Waals surface area contributed by atoms with Crippen LogP contribution in [0.4, 0.5) is 13.2 Å². The van der Waals surface area contributed by atoms with E-state index in [0.29, 0.717) is 28.5 Å². The number of carboxylic acid groups (broad SMARTS) is 1. The number of halogens is 3. The number of benzene rings is 2. The van der Waals surface area contributed by atoms with Gasteiger partial charge in [0, 0.05) is 11.5 Å². The summed E-state index contributed by atoms with van der Waals surface area (Å²) in [4.78, 5) is 11.6. The number of alkyl halides is 3. The first kappa shape index (κ1) is 21.6. The summed E-state index contributed by atoms with van der Waals surface area (Å²) in [6.07, 6.45) is -2.51. The number of fused-ring (bicyclic) bond motifs is 3. The lowest BCUT2D eigenvalue weighted by Crippen LogP contribution is -2.17. The summed E-state index contributed by atoms with van der Waals surface area (Å²) in [6.45, 7) is 3.73. The zero-order valence-electron chi connectivity index (χ0n) is 17.3. The SMILES string of the molecule is CCc1ccc(C2=C[C@@H](CC(=O)O)c3nnc(C)n3-c3ccc(OC(F)(F)F)cc32)cc1. The van der Waals surface area contributed by atoms with E-state index < -0.39 is 18.2 Å². The van der Waals surface area contributed by atoms with Gasteiger partial charge in [-0.3, -0.25) is 9.36 Å². The van der Waals surface area contributed by atoms with Crippen molar-refractivity contribution in [2.24, 2.45) is 0 Å². The van der Waals surface area contributed by atoms with Crippen molar-refractivity contribution in [3.05, 3.63) is 76.9 Å². The summed E-state index contributed by atoms with van der Waals surface area (Å²) in [5.41, 5.74) is 3.47. The first-order valence-electron chi connectivity index (χ1n) is 10.0. The van der Waals surface area contributed by atoms with Gasteiger partial charge in [-0.1, -0.05) is 37.3 Å². The summed E-state index contributed by atoms with van der Waals surface area (Å²) in [7, 11) is 0. The van der Waals surface area contributed by atoms with E-state index in [4.69, 9.17) is 0 Å². The molecule has 0 spiro atoms. The Morgan fingerprint density at radius 1 is 1.16 bits per heavy atom. The van der Waals surface area contributed by atoms with Crippen LogP contribution in [0, 0.1) is 6.92 Å². The fourth-order valence-electron chi connectivity index (χ4n) is 3.92. The molecule has 2 heterocycles. The minimum Gasteiger partial charge on any atom is -0.481 e. The van der Waals surface area contributed by atoms with Crippen molar-refractivity contribution in [2.75, 3.05) is 0 Å². The lowest BCUT2D eigenvalue weighted by Gasteiger charge is -2.16.